The van der Waals surface area contributed by atoms with E-state index in [1.165, 1.54) is 0 Å². The summed E-state index contributed by atoms with van der Waals surface area (Å²) >= 11 is 0. The molecule has 1 aliphatic rings. The van der Waals surface area contributed by atoms with E-state index in [2.05, 4.69) is 10.6 Å². The summed E-state index contributed by atoms with van der Waals surface area (Å²) in [6.07, 6.45) is 0.584. The molecule has 0 spiro atoms. The second kappa shape index (κ2) is 9.77. The first-order valence-electron chi connectivity index (χ1n) is 10.7. The molecule has 2 aromatic carbocycles. The lowest BCUT2D eigenvalue weighted by molar-refractivity contribution is -0.126. The van der Waals surface area contributed by atoms with Crippen LogP contribution in [-0.2, 0) is 16.0 Å². The van der Waals surface area contributed by atoms with Gasteiger partial charge in [0.1, 0.15) is 6.04 Å². The van der Waals surface area contributed by atoms with Gasteiger partial charge in [0, 0.05) is 25.9 Å². The second-order valence-corrected chi connectivity index (χ2v) is 9.11. The summed E-state index contributed by atoms with van der Waals surface area (Å²) in [5.41, 5.74) is 1.32. The number of imide groups is 1. The second-order valence-electron chi connectivity index (χ2n) is 9.11. The number of nitrogens with zero attached hydrogens (tertiary/aromatic N) is 1. The molecule has 0 saturated carbocycles. The van der Waals surface area contributed by atoms with Gasteiger partial charge in [-0.05, 0) is 23.1 Å². The monoisotopic (exact) mass is 435 g/mol. The van der Waals surface area contributed by atoms with Crippen LogP contribution in [0.3, 0.4) is 0 Å². The molecule has 1 heterocycles. The summed E-state index contributed by atoms with van der Waals surface area (Å²) < 4.78 is 0. The molecule has 2 N–H and O–H groups in total. The van der Waals surface area contributed by atoms with E-state index in [1.807, 2.05) is 51.1 Å². The van der Waals surface area contributed by atoms with Gasteiger partial charge >= 0.3 is 0 Å². The first-order valence-corrected chi connectivity index (χ1v) is 10.7. The van der Waals surface area contributed by atoms with Gasteiger partial charge in [0.15, 0.2) is 0 Å². The van der Waals surface area contributed by atoms with Crippen LogP contribution in [0.2, 0.25) is 0 Å². The maximum atomic E-state index is 13.1. The molecule has 1 atom stereocenters. The maximum absolute atomic E-state index is 13.1. The van der Waals surface area contributed by atoms with Crippen LogP contribution < -0.4 is 10.6 Å². The van der Waals surface area contributed by atoms with Gasteiger partial charge in [0.2, 0.25) is 11.8 Å². The molecule has 0 bridgehead atoms. The van der Waals surface area contributed by atoms with Crippen LogP contribution in [0, 0.1) is 5.41 Å². The molecular formula is C25H29N3O4. The summed E-state index contributed by atoms with van der Waals surface area (Å²) in [7, 11) is 0. The number of fused-ring (bicyclic) bond motifs is 1. The van der Waals surface area contributed by atoms with Crippen molar-refractivity contribution < 1.29 is 19.2 Å². The number of hydrogen-bond acceptors (Lipinski definition) is 4. The number of carbonyl (C=O) groups is 4. The predicted molar refractivity (Wildman–Crippen MR) is 121 cm³/mol. The van der Waals surface area contributed by atoms with Crippen molar-refractivity contribution in [1.29, 1.82) is 0 Å². The molecule has 0 aromatic heterocycles. The van der Waals surface area contributed by atoms with Crippen molar-refractivity contribution >= 4 is 23.6 Å². The Morgan fingerprint density at radius 1 is 0.844 bits per heavy atom. The fraction of sp³-hybridized carbons (Fsp3) is 0.360. The molecule has 0 radical (unpaired) electrons. The van der Waals surface area contributed by atoms with Crippen molar-refractivity contribution in [3.05, 3.63) is 71.3 Å². The molecule has 168 valence electrons. The van der Waals surface area contributed by atoms with Crippen molar-refractivity contribution in [2.24, 2.45) is 5.41 Å². The van der Waals surface area contributed by atoms with Crippen molar-refractivity contribution in [1.82, 2.24) is 15.5 Å². The summed E-state index contributed by atoms with van der Waals surface area (Å²) in [6.45, 7) is 6.39. The zero-order chi connectivity index (χ0) is 23.3. The molecule has 0 fully saturated rings. The van der Waals surface area contributed by atoms with Crippen LogP contribution in [-0.4, -0.2) is 47.7 Å². The summed E-state index contributed by atoms with van der Waals surface area (Å²) in [5, 5.41) is 5.55. The van der Waals surface area contributed by atoms with E-state index >= 15 is 0 Å². The number of hydrogen-bond donors (Lipinski definition) is 2. The molecule has 7 nitrogen and oxygen atoms in total. The van der Waals surface area contributed by atoms with Crippen LogP contribution in [0.1, 0.15) is 53.5 Å². The van der Waals surface area contributed by atoms with Crippen LogP contribution in [0.15, 0.2) is 54.6 Å². The summed E-state index contributed by atoms with van der Waals surface area (Å²) in [5.74, 6) is -1.47. The molecular weight excluding hydrogens is 406 g/mol. The Morgan fingerprint density at radius 3 is 1.94 bits per heavy atom. The van der Waals surface area contributed by atoms with Crippen LogP contribution in [0.5, 0.6) is 0 Å². The maximum Gasteiger partial charge on any atom is 0.262 e. The van der Waals surface area contributed by atoms with Gasteiger partial charge in [-0.3, -0.25) is 24.1 Å². The zero-order valence-corrected chi connectivity index (χ0v) is 18.7. The van der Waals surface area contributed by atoms with E-state index in [0.717, 1.165) is 10.5 Å². The van der Waals surface area contributed by atoms with Gasteiger partial charge in [-0.15, -0.1) is 0 Å². The molecule has 2 aromatic rings. The van der Waals surface area contributed by atoms with Gasteiger partial charge in [0.05, 0.1) is 11.1 Å². The Kier molecular flexibility index (Phi) is 7.08. The van der Waals surface area contributed by atoms with Crippen LogP contribution in [0.4, 0.5) is 0 Å². The smallest absolute Gasteiger partial charge is 0.262 e. The standard InChI is InChI=1S/C25H29N3O4/c1-25(2,3)16-21(29)26-13-14-27-22(30)20(15-17-9-5-4-6-10-17)28-23(31)18-11-7-8-12-19(18)24(28)32/h4-12,20H,13-16H2,1-3H3,(H,26,29)(H,27,30). The Labute approximate surface area is 188 Å². The van der Waals surface area contributed by atoms with Crippen molar-refractivity contribution in [3.63, 3.8) is 0 Å². The molecule has 7 heteroatoms. The van der Waals surface area contributed by atoms with Crippen LogP contribution in [0.25, 0.3) is 0 Å². The van der Waals surface area contributed by atoms with Crippen molar-refractivity contribution in [3.8, 4) is 0 Å². The zero-order valence-electron chi connectivity index (χ0n) is 18.7. The molecule has 1 aliphatic heterocycles. The van der Waals surface area contributed by atoms with E-state index in [0.29, 0.717) is 17.5 Å². The Morgan fingerprint density at radius 2 is 1.38 bits per heavy atom. The van der Waals surface area contributed by atoms with Gasteiger partial charge in [-0.1, -0.05) is 63.2 Å². The number of benzene rings is 2. The Bertz CT molecular complexity index is 976. The van der Waals surface area contributed by atoms with Gasteiger partial charge in [0.25, 0.3) is 11.8 Å². The highest BCUT2D eigenvalue weighted by Crippen LogP contribution is 2.26. The van der Waals surface area contributed by atoms with Gasteiger partial charge in [-0.2, -0.15) is 0 Å². The lowest BCUT2D eigenvalue weighted by Gasteiger charge is -2.25. The lowest BCUT2D eigenvalue weighted by atomic mass is 9.92. The Balaban J connectivity index is 1.70. The lowest BCUT2D eigenvalue weighted by Crippen LogP contribution is -2.51. The van der Waals surface area contributed by atoms with E-state index in [9.17, 15) is 19.2 Å². The Hall–Kier alpha value is -3.48. The fourth-order valence-corrected chi connectivity index (χ4v) is 3.68. The highest BCUT2D eigenvalue weighted by atomic mass is 16.2. The van der Waals surface area contributed by atoms with Crippen molar-refractivity contribution in [2.45, 2.75) is 39.7 Å². The van der Waals surface area contributed by atoms with E-state index in [4.69, 9.17) is 0 Å². The number of rotatable bonds is 8. The molecule has 0 aliphatic carbocycles. The average Bonchev–Trinajstić information content (AvgIpc) is 2.99. The first kappa shape index (κ1) is 23.2. The van der Waals surface area contributed by atoms with E-state index < -0.39 is 23.8 Å². The third-order valence-corrected chi connectivity index (χ3v) is 5.15. The highest BCUT2D eigenvalue weighted by molar-refractivity contribution is 6.22. The molecule has 0 saturated heterocycles. The number of carbonyl (C=O) groups excluding carboxylic acids is 4. The molecule has 4 amide bonds. The summed E-state index contributed by atoms with van der Waals surface area (Å²) in [6, 6.07) is 14.8. The van der Waals surface area contributed by atoms with Crippen molar-refractivity contribution in [2.75, 3.05) is 13.1 Å². The van der Waals surface area contributed by atoms with E-state index in [1.54, 1.807) is 24.3 Å². The van der Waals surface area contributed by atoms with Gasteiger partial charge < -0.3 is 10.6 Å². The topological polar surface area (TPSA) is 95.6 Å². The average molecular weight is 436 g/mol. The number of nitrogens with one attached hydrogen (secondary N) is 2. The molecule has 1 unspecified atom stereocenters. The minimum atomic E-state index is -0.991. The predicted octanol–water partition coefficient (Wildman–Crippen LogP) is 2.56. The minimum Gasteiger partial charge on any atom is -0.354 e. The largest absolute Gasteiger partial charge is 0.354 e. The normalized spacial score (nSPS) is 14.2. The molecule has 32 heavy (non-hydrogen) atoms. The summed E-state index contributed by atoms with van der Waals surface area (Å²) in [4.78, 5) is 52.0. The third kappa shape index (κ3) is 5.60. The third-order valence-electron chi connectivity index (χ3n) is 5.15. The number of amides is 4. The SMILES string of the molecule is CC(C)(C)CC(=O)NCCNC(=O)C(Cc1ccccc1)N1C(=O)c2ccccc2C1=O. The quantitative estimate of drug-likeness (QED) is 0.492. The highest BCUT2D eigenvalue weighted by Gasteiger charge is 2.42. The van der Waals surface area contributed by atoms with Crippen LogP contribution >= 0.6 is 0 Å². The van der Waals surface area contributed by atoms with E-state index in [-0.39, 0.29) is 30.8 Å². The molecule has 3 rings (SSSR count). The fourth-order valence-electron chi connectivity index (χ4n) is 3.68. The van der Waals surface area contributed by atoms with Gasteiger partial charge in [-0.25, -0.2) is 0 Å². The first-order chi connectivity index (χ1) is 15.2. The minimum absolute atomic E-state index is 0.0899.